The smallest absolute Gasteiger partial charge is 0.222 e. The molecule has 1 saturated heterocycles. The van der Waals surface area contributed by atoms with Crippen LogP contribution in [0.5, 0.6) is 0 Å². The van der Waals surface area contributed by atoms with Gasteiger partial charge in [-0.25, -0.2) is 0 Å². The molecule has 20 heavy (non-hydrogen) atoms. The van der Waals surface area contributed by atoms with Crippen molar-refractivity contribution in [2.45, 2.75) is 33.3 Å². The monoisotopic (exact) mass is 285 g/mol. The van der Waals surface area contributed by atoms with E-state index in [1.54, 1.807) is 4.90 Å². The number of hydrogen-bond donors (Lipinski definition) is 1. The molecule has 0 unspecified atom stereocenters. The second kappa shape index (κ2) is 9.32. The maximum absolute atomic E-state index is 11.6. The number of nitrogens with zero attached hydrogens (tertiary/aromatic N) is 2. The van der Waals surface area contributed by atoms with Crippen molar-refractivity contribution in [3.05, 3.63) is 0 Å². The molecular weight excluding hydrogens is 254 g/mol. The summed E-state index contributed by atoms with van der Waals surface area (Å²) < 4.78 is 5.76. The molecule has 0 aromatic carbocycles. The Morgan fingerprint density at radius 1 is 1.50 bits per heavy atom. The predicted octanol–water partition coefficient (Wildman–Crippen LogP) is 0.801. The van der Waals surface area contributed by atoms with Crippen LogP contribution in [0, 0.1) is 5.92 Å². The Bertz CT molecular complexity index is 284. The summed E-state index contributed by atoms with van der Waals surface area (Å²) in [6, 6.07) is 0. The van der Waals surface area contributed by atoms with Crippen molar-refractivity contribution >= 4 is 5.91 Å². The SMILES string of the molecule is CCC(=O)N(C)C[C@H]1CN(CCNCC(C)C)CCO1. The third-order valence-corrected chi connectivity index (χ3v) is 3.59. The molecule has 1 heterocycles. The largest absolute Gasteiger partial charge is 0.374 e. The highest BCUT2D eigenvalue weighted by Gasteiger charge is 2.22. The van der Waals surface area contributed by atoms with E-state index in [1.165, 1.54) is 0 Å². The molecule has 5 nitrogen and oxygen atoms in total. The zero-order valence-electron chi connectivity index (χ0n) is 13.5. The van der Waals surface area contributed by atoms with Crippen molar-refractivity contribution in [2.75, 3.05) is 52.9 Å². The topological polar surface area (TPSA) is 44.8 Å². The van der Waals surface area contributed by atoms with E-state index in [0.29, 0.717) is 18.9 Å². The molecule has 0 radical (unpaired) electrons. The fourth-order valence-electron chi connectivity index (χ4n) is 2.40. The van der Waals surface area contributed by atoms with Crippen LogP contribution in [-0.4, -0.2) is 74.7 Å². The molecule has 0 saturated carbocycles. The predicted molar refractivity (Wildman–Crippen MR) is 81.8 cm³/mol. The lowest BCUT2D eigenvalue weighted by Gasteiger charge is -2.34. The highest BCUT2D eigenvalue weighted by atomic mass is 16.5. The van der Waals surface area contributed by atoms with Crippen LogP contribution in [0.2, 0.25) is 0 Å². The molecule has 1 atom stereocenters. The standard InChI is InChI=1S/C15H31N3O2/c1-5-15(19)17(4)11-14-12-18(8-9-20-14)7-6-16-10-13(2)3/h13-14,16H,5-12H2,1-4H3/t14-/m0/s1. The zero-order chi connectivity index (χ0) is 15.0. The first-order valence-corrected chi connectivity index (χ1v) is 7.81. The zero-order valence-corrected chi connectivity index (χ0v) is 13.5. The average molecular weight is 285 g/mol. The van der Waals surface area contributed by atoms with Gasteiger partial charge in [-0.2, -0.15) is 0 Å². The summed E-state index contributed by atoms with van der Waals surface area (Å²) in [5.41, 5.74) is 0. The van der Waals surface area contributed by atoms with Gasteiger partial charge in [0.2, 0.25) is 5.91 Å². The van der Waals surface area contributed by atoms with Crippen LogP contribution in [0.15, 0.2) is 0 Å². The van der Waals surface area contributed by atoms with Crippen molar-refractivity contribution in [1.82, 2.24) is 15.1 Å². The first kappa shape index (κ1) is 17.4. The van der Waals surface area contributed by atoms with Crippen molar-refractivity contribution in [3.8, 4) is 0 Å². The molecule has 1 N–H and O–H groups in total. The van der Waals surface area contributed by atoms with Gasteiger partial charge in [-0.1, -0.05) is 20.8 Å². The number of rotatable bonds is 8. The number of carbonyl (C=O) groups excluding carboxylic acids is 1. The molecule has 0 bridgehead atoms. The van der Waals surface area contributed by atoms with Crippen molar-refractivity contribution < 1.29 is 9.53 Å². The van der Waals surface area contributed by atoms with Crippen LogP contribution in [-0.2, 0) is 9.53 Å². The van der Waals surface area contributed by atoms with E-state index in [-0.39, 0.29) is 12.0 Å². The van der Waals surface area contributed by atoms with E-state index in [2.05, 4.69) is 24.1 Å². The third kappa shape index (κ3) is 6.68. The summed E-state index contributed by atoms with van der Waals surface area (Å²) in [4.78, 5) is 15.8. The Balaban J connectivity index is 2.23. The molecule has 118 valence electrons. The Morgan fingerprint density at radius 3 is 2.90 bits per heavy atom. The second-order valence-electron chi connectivity index (χ2n) is 6.02. The number of ether oxygens (including phenoxy) is 1. The highest BCUT2D eigenvalue weighted by molar-refractivity contribution is 5.75. The van der Waals surface area contributed by atoms with E-state index in [0.717, 1.165) is 39.3 Å². The molecular formula is C15H31N3O2. The molecule has 1 fully saturated rings. The molecule has 0 aromatic rings. The number of likely N-dealkylation sites (N-methyl/N-ethyl adjacent to an activating group) is 1. The minimum Gasteiger partial charge on any atom is -0.374 e. The first-order valence-electron chi connectivity index (χ1n) is 7.81. The fourth-order valence-corrected chi connectivity index (χ4v) is 2.40. The summed E-state index contributed by atoms with van der Waals surface area (Å²) in [7, 11) is 1.86. The van der Waals surface area contributed by atoms with Crippen molar-refractivity contribution in [3.63, 3.8) is 0 Å². The van der Waals surface area contributed by atoms with Gasteiger partial charge >= 0.3 is 0 Å². The molecule has 1 aliphatic rings. The van der Waals surface area contributed by atoms with E-state index in [9.17, 15) is 4.79 Å². The van der Waals surface area contributed by atoms with Crippen LogP contribution in [0.4, 0.5) is 0 Å². The minimum absolute atomic E-state index is 0.148. The molecule has 0 aromatic heterocycles. The summed E-state index contributed by atoms with van der Waals surface area (Å²) in [6.45, 7) is 12.9. The minimum atomic E-state index is 0.148. The fraction of sp³-hybridized carbons (Fsp3) is 0.933. The number of nitrogens with one attached hydrogen (secondary N) is 1. The lowest BCUT2D eigenvalue weighted by Crippen LogP contribution is -2.49. The number of carbonyl (C=O) groups is 1. The van der Waals surface area contributed by atoms with E-state index < -0.39 is 0 Å². The van der Waals surface area contributed by atoms with Gasteiger partial charge in [0.25, 0.3) is 0 Å². The van der Waals surface area contributed by atoms with Crippen LogP contribution < -0.4 is 5.32 Å². The molecule has 5 heteroatoms. The Kier molecular flexibility index (Phi) is 8.11. The maximum Gasteiger partial charge on any atom is 0.222 e. The first-order chi connectivity index (χ1) is 9.52. The molecule has 1 aliphatic heterocycles. The lowest BCUT2D eigenvalue weighted by molar-refractivity contribution is -0.132. The van der Waals surface area contributed by atoms with Crippen LogP contribution in [0.1, 0.15) is 27.2 Å². The Hall–Kier alpha value is -0.650. The summed E-state index contributed by atoms with van der Waals surface area (Å²) >= 11 is 0. The summed E-state index contributed by atoms with van der Waals surface area (Å²) in [5.74, 6) is 0.880. The number of hydrogen-bond acceptors (Lipinski definition) is 4. The van der Waals surface area contributed by atoms with E-state index in [4.69, 9.17) is 4.74 Å². The van der Waals surface area contributed by atoms with Gasteiger partial charge in [0.05, 0.1) is 12.7 Å². The van der Waals surface area contributed by atoms with Gasteiger partial charge in [0.1, 0.15) is 0 Å². The van der Waals surface area contributed by atoms with Crippen LogP contribution in [0.25, 0.3) is 0 Å². The Morgan fingerprint density at radius 2 is 2.25 bits per heavy atom. The quantitative estimate of drug-likeness (QED) is 0.670. The number of morpholine rings is 1. The van der Waals surface area contributed by atoms with Crippen LogP contribution >= 0.6 is 0 Å². The van der Waals surface area contributed by atoms with Gasteiger partial charge < -0.3 is 15.0 Å². The van der Waals surface area contributed by atoms with E-state index >= 15 is 0 Å². The summed E-state index contributed by atoms with van der Waals surface area (Å²) in [5, 5.41) is 3.47. The van der Waals surface area contributed by atoms with Gasteiger partial charge in [-0.15, -0.1) is 0 Å². The van der Waals surface area contributed by atoms with E-state index in [1.807, 2.05) is 14.0 Å². The molecule has 1 amide bonds. The van der Waals surface area contributed by atoms with Gasteiger partial charge in [-0.05, 0) is 12.5 Å². The maximum atomic E-state index is 11.6. The summed E-state index contributed by atoms with van der Waals surface area (Å²) in [6.07, 6.45) is 0.709. The van der Waals surface area contributed by atoms with Crippen LogP contribution in [0.3, 0.4) is 0 Å². The van der Waals surface area contributed by atoms with Gasteiger partial charge in [-0.3, -0.25) is 9.69 Å². The molecule has 0 aliphatic carbocycles. The van der Waals surface area contributed by atoms with Crippen molar-refractivity contribution in [1.29, 1.82) is 0 Å². The number of amides is 1. The van der Waals surface area contributed by atoms with Crippen molar-refractivity contribution in [2.24, 2.45) is 5.92 Å². The normalized spacial score (nSPS) is 20.4. The average Bonchev–Trinajstić information content (AvgIpc) is 2.43. The third-order valence-electron chi connectivity index (χ3n) is 3.59. The van der Waals surface area contributed by atoms with Gasteiger partial charge in [0.15, 0.2) is 0 Å². The molecule has 0 spiro atoms. The highest BCUT2D eigenvalue weighted by Crippen LogP contribution is 2.06. The lowest BCUT2D eigenvalue weighted by atomic mass is 10.2. The molecule has 1 rings (SSSR count). The van der Waals surface area contributed by atoms with Gasteiger partial charge in [0, 0.05) is 46.2 Å². The second-order valence-corrected chi connectivity index (χ2v) is 6.02. The Labute approximate surface area is 123 Å².